The van der Waals surface area contributed by atoms with E-state index in [9.17, 15) is 0 Å². The van der Waals surface area contributed by atoms with Crippen molar-refractivity contribution in [3.8, 4) is 0 Å². The number of rotatable bonds is 4. The Morgan fingerprint density at radius 2 is 1.47 bits per heavy atom. The van der Waals surface area contributed by atoms with E-state index in [1.165, 1.54) is 77.3 Å². The largest absolute Gasteiger partial charge is 0.329 e. The highest BCUT2D eigenvalue weighted by molar-refractivity contribution is 4.99. The summed E-state index contributed by atoms with van der Waals surface area (Å²) < 4.78 is 0. The summed E-state index contributed by atoms with van der Waals surface area (Å²) in [5.41, 5.74) is 7.20. The van der Waals surface area contributed by atoms with E-state index in [2.05, 4.69) is 18.7 Å². The third-order valence-electron chi connectivity index (χ3n) is 6.27. The van der Waals surface area contributed by atoms with Crippen LogP contribution >= 0.6 is 0 Å². The highest BCUT2D eigenvalue weighted by atomic mass is 15.2. The minimum absolute atomic E-state index is 0.340. The summed E-state index contributed by atoms with van der Waals surface area (Å²) in [7, 11) is 0. The molecule has 1 heterocycles. The number of nitrogens with two attached hydrogens (primary N) is 1. The Kier molecular flexibility index (Phi) is 5.30. The minimum Gasteiger partial charge on any atom is -0.329 e. The van der Waals surface area contributed by atoms with E-state index in [0.29, 0.717) is 11.0 Å². The summed E-state index contributed by atoms with van der Waals surface area (Å²) in [5, 5.41) is 0. The van der Waals surface area contributed by atoms with Gasteiger partial charge in [0, 0.05) is 18.6 Å². The van der Waals surface area contributed by atoms with Crippen LogP contribution in [0.2, 0.25) is 0 Å². The van der Waals surface area contributed by atoms with Gasteiger partial charge in [0.15, 0.2) is 0 Å². The second-order valence-corrected chi connectivity index (χ2v) is 7.07. The zero-order valence-electron chi connectivity index (χ0n) is 13.2. The van der Waals surface area contributed by atoms with Gasteiger partial charge in [0.05, 0.1) is 0 Å². The molecule has 2 N–H and O–H groups in total. The Hall–Kier alpha value is -0.0800. The second-order valence-electron chi connectivity index (χ2n) is 7.07. The van der Waals surface area contributed by atoms with Gasteiger partial charge in [-0.05, 0) is 44.1 Å². The van der Waals surface area contributed by atoms with E-state index in [4.69, 9.17) is 5.73 Å². The highest BCUT2D eigenvalue weighted by Gasteiger charge is 2.44. The Bertz CT molecular complexity index is 262. The standard InChI is InChI=1S/C17H34N2/c1-3-16(4-2)12-13-19(15-16)17(14-18)10-8-6-5-7-9-11-17/h3-15,18H2,1-2H3. The van der Waals surface area contributed by atoms with Gasteiger partial charge in [-0.1, -0.05) is 46.0 Å². The topological polar surface area (TPSA) is 29.3 Å². The summed E-state index contributed by atoms with van der Waals surface area (Å²) in [6.07, 6.45) is 13.8. The van der Waals surface area contributed by atoms with Gasteiger partial charge in [0.25, 0.3) is 0 Å². The van der Waals surface area contributed by atoms with Crippen molar-refractivity contribution in [3.05, 3.63) is 0 Å². The summed E-state index contributed by atoms with van der Waals surface area (Å²) in [4.78, 5) is 2.80. The van der Waals surface area contributed by atoms with E-state index in [-0.39, 0.29) is 0 Å². The first kappa shape index (κ1) is 15.3. The summed E-state index contributed by atoms with van der Waals surface area (Å²) >= 11 is 0. The molecule has 0 atom stereocenters. The van der Waals surface area contributed by atoms with Gasteiger partial charge in [0.1, 0.15) is 0 Å². The lowest BCUT2D eigenvalue weighted by Crippen LogP contribution is -2.53. The van der Waals surface area contributed by atoms with Gasteiger partial charge in [-0.2, -0.15) is 0 Å². The Balaban J connectivity index is 2.08. The van der Waals surface area contributed by atoms with Crippen molar-refractivity contribution in [2.24, 2.45) is 11.1 Å². The second kappa shape index (κ2) is 6.58. The molecule has 2 heteroatoms. The Morgan fingerprint density at radius 3 is 1.95 bits per heavy atom. The van der Waals surface area contributed by atoms with Crippen LogP contribution in [0.3, 0.4) is 0 Å². The van der Waals surface area contributed by atoms with Crippen molar-refractivity contribution in [1.82, 2.24) is 4.90 Å². The zero-order chi connectivity index (χ0) is 13.8. The molecule has 1 aliphatic carbocycles. The molecular formula is C17H34N2. The highest BCUT2D eigenvalue weighted by Crippen LogP contribution is 2.42. The molecule has 2 nitrogen and oxygen atoms in total. The molecule has 0 unspecified atom stereocenters. The summed E-state index contributed by atoms with van der Waals surface area (Å²) in [6, 6.07) is 0. The molecule has 0 spiro atoms. The lowest BCUT2D eigenvalue weighted by atomic mass is 9.80. The lowest BCUT2D eigenvalue weighted by molar-refractivity contribution is 0.0758. The maximum atomic E-state index is 6.27. The molecule has 112 valence electrons. The van der Waals surface area contributed by atoms with Crippen LogP contribution in [0, 0.1) is 5.41 Å². The van der Waals surface area contributed by atoms with E-state index in [0.717, 1.165) is 6.54 Å². The molecular weight excluding hydrogens is 232 g/mol. The average molecular weight is 266 g/mol. The quantitative estimate of drug-likeness (QED) is 0.835. The fraction of sp³-hybridized carbons (Fsp3) is 1.00. The monoisotopic (exact) mass is 266 g/mol. The van der Waals surface area contributed by atoms with Gasteiger partial charge in [-0.25, -0.2) is 0 Å². The molecule has 0 bridgehead atoms. The van der Waals surface area contributed by atoms with E-state index < -0.39 is 0 Å². The van der Waals surface area contributed by atoms with Gasteiger partial charge >= 0.3 is 0 Å². The van der Waals surface area contributed by atoms with Crippen molar-refractivity contribution < 1.29 is 0 Å². The van der Waals surface area contributed by atoms with Crippen LogP contribution in [-0.2, 0) is 0 Å². The van der Waals surface area contributed by atoms with Crippen molar-refractivity contribution in [1.29, 1.82) is 0 Å². The fourth-order valence-corrected chi connectivity index (χ4v) is 4.38. The van der Waals surface area contributed by atoms with Crippen LogP contribution < -0.4 is 5.73 Å². The van der Waals surface area contributed by atoms with Crippen molar-refractivity contribution >= 4 is 0 Å². The number of likely N-dealkylation sites (tertiary alicyclic amines) is 1. The van der Waals surface area contributed by atoms with Crippen LogP contribution in [0.4, 0.5) is 0 Å². The van der Waals surface area contributed by atoms with Crippen LogP contribution in [0.5, 0.6) is 0 Å². The molecule has 0 aromatic rings. The van der Waals surface area contributed by atoms with E-state index in [1.54, 1.807) is 0 Å². The first-order valence-electron chi connectivity index (χ1n) is 8.65. The van der Waals surface area contributed by atoms with E-state index in [1.807, 2.05) is 0 Å². The molecule has 2 fully saturated rings. The lowest BCUT2D eigenvalue weighted by Gasteiger charge is -2.44. The predicted octanol–water partition coefficient (Wildman–Crippen LogP) is 3.94. The first-order chi connectivity index (χ1) is 9.20. The Morgan fingerprint density at radius 1 is 0.895 bits per heavy atom. The number of nitrogens with zero attached hydrogens (tertiary/aromatic N) is 1. The van der Waals surface area contributed by atoms with Crippen LogP contribution in [0.25, 0.3) is 0 Å². The SMILES string of the molecule is CCC1(CC)CCN(C2(CN)CCCCCCC2)C1. The van der Waals surface area contributed by atoms with Gasteiger partial charge in [-0.15, -0.1) is 0 Å². The molecule has 0 radical (unpaired) electrons. The van der Waals surface area contributed by atoms with Crippen LogP contribution in [0.15, 0.2) is 0 Å². The zero-order valence-corrected chi connectivity index (χ0v) is 13.2. The molecule has 1 aliphatic heterocycles. The molecule has 2 rings (SSSR count). The molecule has 19 heavy (non-hydrogen) atoms. The summed E-state index contributed by atoms with van der Waals surface area (Å²) in [6.45, 7) is 8.22. The average Bonchev–Trinajstić information content (AvgIpc) is 2.85. The number of hydrogen-bond acceptors (Lipinski definition) is 2. The van der Waals surface area contributed by atoms with Crippen molar-refractivity contribution in [2.45, 2.75) is 83.6 Å². The van der Waals surface area contributed by atoms with Gasteiger partial charge in [-0.3, -0.25) is 4.90 Å². The predicted molar refractivity (Wildman–Crippen MR) is 83.3 cm³/mol. The minimum atomic E-state index is 0.340. The summed E-state index contributed by atoms with van der Waals surface area (Å²) in [5.74, 6) is 0. The Labute approximate surface area is 120 Å². The van der Waals surface area contributed by atoms with Crippen molar-refractivity contribution in [2.75, 3.05) is 19.6 Å². The maximum absolute atomic E-state index is 6.27. The maximum Gasteiger partial charge on any atom is 0.0331 e. The van der Waals surface area contributed by atoms with Crippen molar-refractivity contribution in [3.63, 3.8) is 0 Å². The molecule has 2 aliphatic rings. The third kappa shape index (κ3) is 3.16. The molecule has 0 amide bonds. The normalized spacial score (nSPS) is 27.9. The number of hydrogen-bond donors (Lipinski definition) is 1. The molecule has 1 saturated carbocycles. The molecule has 0 aromatic carbocycles. The molecule has 1 saturated heterocycles. The van der Waals surface area contributed by atoms with Crippen LogP contribution in [-0.4, -0.2) is 30.1 Å². The first-order valence-corrected chi connectivity index (χ1v) is 8.65. The van der Waals surface area contributed by atoms with E-state index >= 15 is 0 Å². The van der Waals surface area contributed by atoms with Gasteiger partial charge in [0.2, 0.25) is 0 Å². The third-order valence-corrected chi connectivity index (χ3v) is 6.27. The van der Waals surface area contributed by atoms with Crippen LogP contribution in [0.1, 0.15) is 78.1 Å². The smallest absolute Gasteiger partial charge is 0.0331 e. The molecule has 0 aromatic heterocycles. The van der Waals surface area contributed by atoms with Gasteiger partial charge < -0.3 is 5.73 Å². The fourth-order valence-electron chi connectivity index (χ4n) is 4.38.